The zero-order chi connectivity index (χ0) is 34.6. The van der Waals surface area contributed by atoms with Gasteiger partial charge in [0.25, 0.3) is 0 Å². The number of ether oxygens (including phenoxy) is 2. The Kier molecular flexibility index (Phi) is 20.1. The summed E-state index contributed by atoms with van der Waals surface area (Å²) in [6.07, 6.45) is 0.706. The molecule has 0 aliphatic carbocycles. The van der Waals surface area contributed by atoms with Crippen molar-refractivity contribution in [3.63, 3.8) is 0 Å². The third-order valence-corrected chi connectivity index (χ3v) is 9.15. The fourth-order valence-corrected chi connectivity index (χ4v) is 6.23. The summed E-state index contributed by atoms with van der Waals surface area (Å²) >= 11 is 0. The van der Waals surface area contributed by atoms with Crippen LogP contribution in [0.2, 0.25) is 0 Å². The van der Waals surface area contributed by atoms with Gasteiger partial charge in [0.1, 0.15) is 13.2 Å². The molecule has 0 spiro atoms. The highest BCUT2D eigenvalue weighted by Gasteiger charge is 2.18. The number of halogens is 2. The first-order valence-electron chi connectivity index (χ1n) is 18.0. The Balaban J connectivity index is 0.000000270. The van der Waals surface area contributed by atoms with Gasteiger partial charge in [0, 0.05) is 78.5 Å². The van der Waals surface area contributed by atoms with E-state index in [4.69, 9.17) is 9.47 Å². The molecule has 2 aliphatic rings. The van der Waals surface area contributed by atoms with E-state index in [2.05, 4.69) is 80.3 Å². The number of nitrogens with zero attached hydrogens (tertiary/aromatic N) is 4. The Hall–Kier alpha value is -3.76. The van der Waals surface area contributed by atoms with Crippen LogP contribution < -0.4 is 0 Å². The highest BCUT2D eigenvalue weighted by Crippen LogP contribution is 2.10. The van der Waals surface area contributed by atoms with E-state index in [0.29, 0.717) is 26.1 Å². The second-order valence-corrected chi connectivity index (χ2v) is 13.0. The fraction of sp³-hybridized carbons (Fsp3) is 0.381. The Morgan fingerprint density at radius 3 is 0.981 bits per heavy atom. The van der Waals surface area contributed by atoms with Crippen molar-refractivity contribution < 1.29 is 19.1 Å². The summed E-state index contributed by atoms with van der Waals surface area (Å²) in [5.74, 6) is -0.289. The molecular weight excluding hydrogens is 695 g/mol. The Morgan fingerprint density at radius 2 is 0.673 bits per heavy atom. The highest BCUT2D eigenvalue weighted by molar-refractivity contribution is 5.85. The van der Waals surface area contributed by atoms with E-state index in [1.54, 1.807) is 0 Å². The van der Waals surface area contributed by atoms with E-state index < -0.39 is 0 Å². The van der Waals surface area contributed by atoms with Crippen molar-refractivity contribution in [2.45, 2.75) is 25.9 Å². The molecule has 2 aliphatic heterocycles. The Bertz CT molecular complexity index is 1400. The van der Waals surface area contributed by atoms with Gasteiger partial charge in [-0.2, -0.15) is 0 Å². The van der Waals surface area contributed by atoms with Crippen molar-refractivity contribution in [1.82, 2.24) is 19.6 Å². The number of piperazine rings is 2. The molecule has 2 saturated heterocycles. The molecule has 2 heterocycles. The number of carbonyl (C=O) groups excluding carboxylic acids is 2. The fourth-order valence-electron chi connectivity index (χ4n) is 6.23. The summed E-state index contributed by atoms with van der Waals surface area (Å²) in [6.45, 7) is 13.0. The molecule has 6 rings (SSSR count). The molecule has 4 aromatic rings. The minimum atomic E-state index is -0.145. The molecule has 280 valence electrons. The van der Waals surface area contributed by atoms with Crippen LogP contribution in [0.5, 0.6) is 0 Å². The van der Waals surface area contributed by atoms with Crippen molar-refractivity contribution >= 4 is 36.8 Å². The predicted octanol–water partition coefficient (Wildman–Crippen LogP) is 6.02. The van der Waals surface area contributed by atoms with Gasteiger partial charge in [0.15, 0.2) is 0 Å². The van der Waals surface area contributed by atoms with Crippen LogP contribution in [0.3, 0.4) is 0 Å². The predicted molar refractivity (Wildman–Crippen MR) is 213 cm³/mol. The molecule has 0 amide bonds. The lowest BCUT2D eigenvalue weighted by molar-refractivity contribution is -0.144. The van der Waals surface area contributed by atoms with Crippen molar-refractivity contribution in [3.8, 4) is 0 Å². The van der Waals surface area contributed by atoms with Crippen LogP contribution in [0, 0.1) is 0 Å². The van der Waals surface area contributed by atoms with E-state index in [9.17, 15) is 9.59 Å². The lowest BCUT2D eigenvalue weighted by Gasteiger charge is -2.34. The molecule has 0 bridgehead atoms. The van der Waals surface area contributed by atoms with Crippen LogP contribution in [0.25, 0.3) is 0 Å². The molecule has 52 heavy (non-hydrogen) atoms. The summed E-state index contributed by atoms with van der Waals surface area (Å²) in [5.41, 5.74) is 4.74. The molecular formula is C42H54Cl2N4O4. The molecule has 0 N–H and O–H groups in total. The largest absolute Gasteiger partial charge is 0.464 e. The average Bonchev–Trinajstić information content (AvgIpc) is 3.15. The molecule has 0 saturated carbocycles. The summed E-state index contributed by atoms with van der Waals surface area (Å²) in [4.78, 5) is 33.4. The third-order valence-electron chi connectivity index (χ3n) is 9.15. The van der Waals surface area contributed by atoms with Gasteiger partial charge < -0.3 is 9.47 Å². The maximum absolute atomic E-state index is 11.9. The van der Waals surface area contributed by atoms with Gasteiger partial charge in [-0.15, -0.1) is 24.8 Å². The highest BCUT2D eigenvalue weighted by atomic mass is 35.5. The molecule has 0 unspecified atom stereocenters. The van der Waals surface area contributed by atoms with E-state index in [1.165, 1.54) is 11.1 Å². The first-order chi connectivity index (χ1) is 24.6. The first kappa shape index (κ1) is 42.7. The van der Waals surface area contributed by atoms with E-state index in [1.807, 2.05) is 60.7 Å². The van der Waals surface area contributed by atoms with Gasteiger partial charge in [0.05, 0.1) is 12.8 Å². The maximum atomic E-state index is 11.9. The molecule has 2 fully saturated rings. The van der Waals surface area contributed by atoms with Gasteiger partial charge in [-0.25, -0.2) is 0 Å². The molecule has 0 atom stereocenters. The SMILES string of the molecule is Cl.Cl.O=C(Cc1ccccc1)OCCN1CCN(Cc2ccccc2)CC1.O=C(Cc1ccccc1)OCCN1CCN(Cc2ccccc2)CC1. The quantitative estimate of drug-likeness (QED) is 0.145. The Labute approximate surface area is 322 Å². The van der Waals surface area contributed by atoms with Crippen molar-refractivity contribution in [2.24, 2.45) is 0 Å². The van der Waals surface area contributed by atoms with Crippen LogP contribution in [0.1, 0.15) is 22.3 Å². The first-order valence-corrected chi connectivity index (χ1v) is 18.0. The molecule has 8 nitrogen and oxygen atoms in total. The average molecular weight is 750 g/mol. The number of esters is 2. The van der Waals surface area contributed by atoms with E-state index >= 15 is 0 Å². The van der Waals surface area contributed by atoms with E-state index in [0.717, 1.165) is 89.7 Å². The van der Waals surface area contributed by atoms with Crippen molar-refractivity contribution in [2.75, 3.05) is 78.7 Å². The number of benzene rings is 4. The Morgan fingerprint density at radius 1 is 0.404 bits per heavy atom. The number of rotatable bonds is 14. The normalized spacial score (nSPS) is 15.2. The van der Waals surface area contributed by atoms with Crippen LogP contribution in [0.4, 0.5) is 0 Å². The molecule has 4 aromatic carbocycles. The third kappa shape index (κ3) is 16.3. The van der Waals surface area contributed by atoms with Crippen LogP contribution >= 0.6 is 24.8 Å². The van der Waals surface area contributed by atoms with Gasteiger partial charge in [-0.05, 0) is 22.3 Å². The van der Waals surface area contributed by atoms with Crippen LogP contribution in [0.15, 0.2) is 121 Å². The van der Waals surface area contributed by atoms with Gasteiger partial charge >= 0.3 is 11.9 Å². The van der Waals surface area contributed by atoms with Gasteiger partial charge in [-0.3, -0.25) is 29.2 Å². The number of hydrogen-bond acceptors (Lipinski definition) is 8. The maximum Gasteiger partial charge on any atom is 0.310 e. The van der Waals surface area contributed by atoms with Crippen LogP contribution in [-0.2, 0) is 45.0 Å². The smallest absolute Gasteiger partial charge is 0.310 e. The summed E-state index contributed by atoms with van der Waals surface area (Å²) in [5, 5.41) is 0. The molecule has 0 radical (unpaired) electrons. The van der Waals surface area contributed by atoms with Gasteiger partial charge in [0.2, 0.25) is 0 Å². The molecule has 0 aromatic heterocycles. The number of hydrogen-bond donors (Lipinski definition) is 0. The minimum Gasteiger partial charge on any atom is -0.464 e. The zero-order valence-corrected chi connectivity index (χ0v) is 31.7. The van der Waals surface area contributed by atoms with Crippen molar-refractivity contribution in [3.05, 3.63) is 144 Å². The van der Waals surface area contributed by atoms with Crippen molar-refractivity contribution in [1.29, 1.82) is 0 Å². The zero-order valence-electron chi connectivity index (χ0n) is 30.1. The van der Waals surface area contributed by atoms with Gasteiger partial charge in [-0.1, -0.05) is 121 Å². The molecule has 10 heteroatoms. The van der Waals surface area contributed by atoms with Crippen LogP contribution in [-0.4, -0.2) is 110 Å². The van der Waals surface area contributed by atoms with E-state index in [-0.39, 0.29) is 36.8 Å². The lowest BCUT2D eigenvalue weighted by atomic mass is 10.2. The standard InChI is InChI=1S/2C21H26N2O2.2ClH/c2*24-21(17-19-7-3-1-4-8-19)25-16-15-22-11-13-23(14-12-22)18-20-9-5-2-6-10-20;;/h2*1-10H,11-18H2;2*1H. The second-order valence-electron chi connectivity index (χ2n) is 13.0. The lowest BCUT2D eigenvalue weighted by Crippen LogP contribution is -2.46. The second kappa shape index (κ2) is 24.5. The summed E-state index contributed by atoms with van der Waals surface area (Å²) in [7, 11) is 0. The topological polar surface area (TPSA) is 65.6 Å². The monoisotopic (exact) mass is 748 g/mol. The summed E-state index contributed by atoms with van der Waals surface area (Å²) in [6, 6.07) is 40.7. The minimum absolute atomic E-state index is 0. The number of carbonyl (C=O) groups is 2. The summed E-state index contributed by atoms with van der Waals surface area (Å²) < 4.78 is 10.8.